The van der Waals surface area contributed by atoms with Gasteiger partial charge in [0, 0.05) is 23.7 Å². The lowest BCUT2D eigenvalue weighted by Crippen LogP contribution is -2.39. The lowest BCUT2D eigenvalue weighted by atomic mass is 10.2. The number of benzene rings is 1. The van der Waals surface area contributed by atoms with Gasteiger partial charge >= 0.3 is 0 Å². The largest absolute Gasteiger partial charge is 0.463 e. The van der Waals surface area contributed by atoms with Gasteiger partial charge in [0.2, 0.25) is 5.91 Å². The van der Waals surface area contributed by atoms with Gasteiger partial charge in [0.15, 0.2) is 5.58 Å². The number of carbonyl (C=O) groups excluding carboxylic acids is 1. The number of halogens is 1. The minimum atomic E-state index is -0.704. The maximum atomic E-state index is 13.0. The van der Waals surface area contributed by atoms with E-state index >= 15 is 0 Å². The number of amides is 1. The van der Waals surface area contributed by atoms with Gasteiger partial charge in [-0.2, -0.15) is 5.10 Å². The van der Waals surface area contributed by atoms with E-state index < -0.39 is 6.04 Å². The summed E-state index contributed by atoms with van der Waals surface area (Å²) in [4.78, 5) is 25.8. The van der Waals surface area contributed by atoms with Crippen LogP contribution in [-0.2, 0) is 11.3 Å². The van der Waals surface area contributed by atoms with E-state index in [0.29, 0.717) is 34.9 Å². The monoisotopic (exact) mass is 398 g/mol. The van der Waals surface area contributed by atoms with Crippen LogP contribution >= 0.6 is 11.6 Å². The minimum Gasteiger partial charge on any atom is -0.463 e. The molecule has 4 aromatic rings. The smallest absolute Gasteiger partial charge is 0.291 e. The van der Waals surface area contributed by atoms with E-state index in [-0.39, 0.29) is 11.5 Å². The molecule has 3 heterocycles. The standard InChI is InChI=1S/C20H19ClN4O3/c1-3-15(19(26)22-11-13-4-6-14(21)7-5-13)25-20(27)17-10-18-16(8-9-28-18)24(17)12(2)23-25/h4-10,15H,3,11H2,1-2H3,(H,22,26)/t15-/m1/s1. The van der Waals surface area contributed by atoms with Crippen molar-refractivity contribution in [3.05, 3.63) is 69.4 Å². The van der Waals surface area contributed by atoms with E-state index in [4.69, 9.17) is 16.0 Å². The fourth-order valence-electron chi connectivity index (χ4n) is 3.38. The van der Waals surface area contributed by atoms with Crippen LogP contribution in [-0.4, -0.2) is 20.1 Å². The number of carbonyl (C=O) groups is 1. The lowest BCUT2D eigenvalue weighted by Gasteiger charge is -2.18. The van der Waals surface area contributed by atoms with E-state index in [2.05, 4.69) is 10.4 Å². The van der Waals surface area contributed by atoms with Gasteiger partial charge in [-0.3, -0.25) is 14.0 Å². The molecule has 144 valence electrons. The first-order valence-corrected chi connectivity index (χ1v) is 9.37. The van der Waals surface area contributed by atoms with Crippen LogP contribution in [0.15, 0.2) is 51.9 Å². The number of hydrogen-bond acceptors (Lipinski definition) is 4. The zero-order chi connectivity index (χ0) is 19.8. The molecule has 3 aromatic heterocycles. The van der Waals surface area contributed by atoms with Gasteiger partial charge in [-0.05, 0) is 31.0 Å². The number of aromatic nitrogens is 3. The Morgan fingerprint density at radius 1 is 1.25 bits per heavy atom. The molecule has 1 aromatic carbocycles. The van der Waals surface area contributed by atoms with Crippen LogP contribution < -0.4 is 10.9 Å². The Labute approximate surface area is 165 Å². The maximum absolute atomic E-state index is 13.0. The Morgan fingerprint density at radius 2 is 2.00 bits per heavy atom. The van der Waals surface area contributed by atoms with Gasteiger partial charge in [0.1, 0.15) is 17.4 Å². The van der Waals surface area contributed by atoms with Crippen molar-refractivity contribution in [1.29, 1.82) is 0 Å². The zero-order valence-corrected chi connectivity index (χ0v) is 16.2. The molecule has 1 atom stereocenters. The number of rotatable bonds is 5. The predicted molar refractivity (Wildman–Crippen MR) is 107 cm³/mol. The molecule has 0 unspecified atom stereocenters. The molecule has 0 saturated carbocycles. The summed E-state index contributed by atoms with van der Waals surface area (Å²) in [6.45, 7) is 4.00. The number of aryl methyl sites for hydroxylation is 1. The van der Waals surface area contributed by atoms with Gasteiger partial charge in [0.25, 0.3) is 5.56 Å². The zero-order valence-electron chi connectivity index (χ0n) is 15.5. The summed E-state index contributed by atoms with van der Waals surface area (Å²) in [7, 11) is 0. The molecular formula is C20H19ClN4O3. The molecule has 4 rings (SSSR count). The van der Waals surface area contributed by atoms with Crippen molar-refractivity contribution in [2.75, 3.05) is 0 Å². The van der Waals surface area contributed by atoms with Crippen molar-refractivity contribution in [2.24, 2.45) is 0 Å². The van der Waals surface area contributed by atoms with E-state index in [1.807, 2.05) is 19.1 Å². The summed E-state index contributed by atoms with van der Waals surface area (Å²) in [5.74, 6) is 0.348. The van der Waals surface area contributed by atoms with Crippen LogP contribution in [0.5, 0.6) is 0 Å². The second-order valence-electron chi connectivity index (χ2n) is 6.60. The fourth-order valence-corrected chi connectivity index (χ4v) is 3.51. The molecule has 0 radical (unpaired) electrons. The molecule has 0 aliphatic carbocycles. The highest BCUT2D eigenvalue weighted by Gasteiger charge is 2.23. The minimum absolute atomic E-state index is 0.258. The number of hydrogen-bond donors (Lipinski definition) is 1. The third-order valence-corrected chi connectivity index (χ3v) is 5.04. The van der Waals surface area contributed by atoms with Crippen molar-refractivity contribution in [3.63, 3.8) is 0 Å². The molecule has 0 saturated heterocycles. The Bertz CT molecular complexity index is 1220. The normalized spacial score (nSPS) is 12.5. The van der Waals surface area contributed by atoms with Crippen LogP contribution in [0.3, 0.4) is 0 Å². The van der Waals surface area contributed by atoms with Crippen molar-refractivity contribution >= 4 is 34.1 Å². The van der Waals surface area contributed by atoms with Crippen molar-refractivity contribution < 1.29 is 9.21 Å². The molecule has 1 amide bonds. The molecule has 7 nitrogen and oxygen atoms in total. The van der Waals surface area contributed by atoms with Gasteiger partial charge in [0.05, 0.1) is 11.8 Å². The Kier molecular flexibility index (Phi) is 4.68. The van der Waals surface area contributed by atoms with E-state index in [9.17, 15) is 9.59 Å². The molecule has 0 spiro atoms. The van der Waals surface area contributed by atoms with Crippen molar-refractivity contribution in [3.8, 4) is 0 Å². The molecule has 1 N–H and O–H groups in total. The van der Waals surface area contributed by atoms with Gasteiger partial charge in [-0.1, -0.05) is 30.7 Å². The average molecular weight is 399 g/mol. The highest BCUT2D eigenvalue weighted by atomic mass is 35.5. The van der Waals surface area contributed by atoms with Gasteiger partial charge < -0.3 is 9.73 Å². The SMILES string of the molecule is CC[C@H](C(=O)NCc1ccc(Cl)cc1)n1nc(C)n2c(cc3occc32)c1=O. The van der Waals surface area contributed by atoms with Crippen molar-refractivity contribution in [1.82, 2.24) is 19.5 Å². The van der Waals surface area contributed by atoms with Crippen LogP contribution in [0.4, 0.5) is 0 Å². The Balaban J connectivity index is 1.66. The number of fused-ring (bicyclic) bond motifs is 3. The first-order chi connectivity index (χ1) is 13.5. The van der Waals surface area contributed by atoms with Gasteiger partial charge in [-0.25, -0.2) is 4.68 Å². The summed E-state index contributed by atoms with van der Waals surface area (Å²) in [5, 5.41) is 7.92. The molecule has 28 heavy (non-hydrogen) atoms. The van der Waals surface area contributed by atoms with Crippen LogP contribution in [0, 0.1) is 6.92 Å². The van der Waals surface area contributed by atoms with Crippen LogP contribution in [0.25, 0.3) is 16.6 Å². The second-order valence-corrected chi connectivity index (χ2v) is 7.04. The highest BCUT2D eigenvalue weighted by molar-refractivity contribution is 6.30. The van der Waals surface area contributed by atoms with E-state index in [1.54, 1.807) is 41.9 Å². The Hall–Kier alpha value is -3.06. The van der Waals surface area contributed by atoms with Crippen molar-refractivity contribution in [2.45, 2.75) is 32.9 Å². The van der Waals surface area contributed by atoms with E-state index in [1.165, 1.54) is 4.68 Å². The summed E-state index contributed by atoms with van der Waals surface area (Å²) >= 11 is 5.89. The molecule has 0 aliphatic heterocycles. The summed E-state index contributed by atoms with van der Waals surface area (Å²) in [6, 6.07) is 10.0. The molecule has 0 fully saturated rings. The van der Waals surface area contributed by atoms with Crippen LogP contribution in [0.1, 0.15) is 30.8 Å². The van der Waals surface area contributed by atoms with Crippen LogP contribution in [0.2, 0.25) is 5.02 Å². The Morgan fingerprint density at radius 3 is 2.71 bits per heavy atom. The first kappa shape index (κ1) is 18.3. The average Bonchev–Trinajstić information content (AvgIpc) is 3.27. The summed E-state index contributed by atoms with van der Waals surface area (Å²) in [6.07, 6.45) is 2.01. The third kappa shape index (κ3) is 3.07. The lowest BCUT2D eigenvalue weighted by molar-refractivity contribution is -0.125. The fraction of sp³-hybridized carbons (Fsp3) is 0.250. The third-order valence-electron chi connectivity index (χ3n) is 4.79. The second kappa shape index (κ2) is 7.16. The topological polar surface area (TPSA) is 81.5 Å². The molecular weight excluding hydrogens is 380 g/mol. The number of nitrogens with one attached hydrogen (secondary N) is 1. The quantitative estimate of drug-likeness (QED) is 0.558. The van der Waals surface area contributed by atoms with E-state index in [0.717, 1.165) is 11.1 Å². The summed E-state index contributed by atoms with van der Waals surface area (Å²) in [5.41, 5.74) is 2.42. The number of furan rings is 1. The molecule has 0 bridgehead atoms. The molecule has 0 aliphatic rings. The van der Waals surface area contributed by atoms with Gasteiger partial charge in [-0.15, -0.1) is 0 Å². The number of nitrogens with zero attached hydrogens (tertiary/aromatic N) is 3. The highest BCUT2D eigenvalue weighted by Crippen LogP contribution is 2.21. The summed E-state index contributed by atoms with van der Waals surface area (Å²) < 4.78 is 8.41. The molecule has 8 heteroatoms. The first-order valence-electron chi connectivity index (χ1n) is 9.00. The predicted octanol–water partition coefficient (Wildman–Crippen LogP) is 3.47. The maximum Gasteiger partial charge on any atom is 0.291 e.